The maximum absolute atomic E-state index is 6.06. The van der Waals surface area contributed by atoms with Crippen LogP contribution in [0.15, 0.2) is 17.5 Å². The maximum Gasteiger partial charge on any atom is 0.0331 e. The molecular formula is C11H18N2S. The highest BCUT2D eigenvalue weighted by Gasteiger charge is 2.24. The Morgan fingerprint density at radius 1 is 1.64 bits per heavy atom. The van der Waals surface area contributed by atoms with Gasteiger partial charge in [0.2, 0.25) is 0 Å². The van der Waals surface area contributed by atoms with Crippen LogP contribution >= 0.6 is 11.3 Å². The molecule has 0 unspecified atom stereocenters. The Bertz CT molecular complexity index is 271. The van der Waals surface area contributed by atoms with E-state index in [9.17, 15) is 0 Å². The van der Waals surface area contributed by atoms with Crippen molar-refractivity contribution in [3.8, 4) is 0 Å². The van der Waals surface area contributed by atoms with Crippen LogP contribution in [0.1, 0.15) is 24.6 Å². The Morgan fingerprint density at radius 3 is 3.21 bits per heavy atom. The molecule has 2 atom stereocenters. The molecule has 3 heteroatoms. The number of nitrogens with two attached hydrogens (primary N) is 1. The van der Waals surface area contributed by atoms with E-state index in [1.165, 1.54) is 24.3 Å². The van der Waals surface area contributed by atoms with Crippen molar-refractivity contribution < 1.29 is 0 Å². The van der Waals surface area contributed by atoms with Crippen LogP contribution in [0.2, 0.25) is 0 Å². The fourth-order valence-corrected chi connectivity index (χ4v) is 2.80. The third-order valence-corrected chi connectivity index (χ3v) is 3.98. The molecule has 0 spiro atoms. The summed E-state index contributed by atoms with van der Waals surface area (Å²) in [6, 6.07) is 5.22. The highest BCUT2D eigenvalue weighted by Crippen LogP contribution is 2.20. The molecule has 0 aliphatic carbocycles. The molecule has 2 heterocycles. The quantitative estimate of drug-likeness (QED) is 0.809. The van der Waals surface area contributed by atoms with Crippen molar-refractivity contribution >= 4 is 11.3 Å². The molecule has 0 amide bonds. The molecule has 1 aromatic rings. The third-order valence-electron chi connectivity index (χ3n) is 3.12. The molecule has 2 nitrogen and oxygen atoms in total. The first kappa shape index (κ1) is 10.1. The molecule has 0 bridgehead atoms. The zero-order valence-corrected chi connectivity index (χ0v) is 9.46. The molecule has 1 aliphatic rings. The second-order valence-electron chi connectivity index (χ2n) is 4.10. The summed E-state index contributed by atoms with van der Waals surface area (Å²) in [6.45, 7) is 4.52. The summed E-state index contributed by atoms with van der Waals surface area (Å²) in [5, 5.41) is 2.14. The lowest BCUT2D eigenvalue weighted by Crippen LogP contribution is -2.49. The van der Waals surface area contributed by atoms with E-state index in [1.54, 1.807) is 0 Å². The van der Waals surface area contributed by atoms with Gasteiger partial charge in [0.05, 0.1) is 0 Å². The number of likely N-dealkylation sites (tertiary alicyclic amines) is 1. The van der Waals surface area contributed by atoms with Crippen LogP contribution < -0.4 is 5.73 Å². The van der Waals surface area contributed by atoms with Crippen LogP contribution in [0, 0.1) is 0 Å². The number of hydrogen-bond donors (Lipinski definition) is 1. The summed E-state index contributed by atoms with van der Waals surface area (Å²) < 4.78 is 0. The summed E-state index contributed by atoms with van der Waals surface area (Å²) in [5.41, 5.74) is 6.06. The number of hydrogen-bond acceptors (Lipinski definition) is 3. The number of thiophene rings is 1. The second-order valence-corrected chi connectivity index (χ2v) is 5.13. The van der Waals surface area contributed by atoms with E-state index in [0.29, 0.717) is 12.1 Å². The Morgan fingerprint density at radius 2 is 2.50 bits per heavy atom. The van der Waals surface area contributed by atoms with Gasteiger partial charge in [-0.25, -0.2) is 0 Å². The standard InChI is InChI=1S/C11H18N2S/c1-9-11(12)5-2-6-13(9)8-10-4-3-7-14-10/h3-4,7,9,11H,2,5-6,8,12H2,1H3/t9-,11-/m1/s1. The zero-order chi connectivity index (χ0) is 9.97. The van der Waals surface area contributed by atoms with Gasteiger partial charge in [-0.3, -0.25) is 4.90 Å². The van der Waals surface area contributed by atoms with E-state index in [0.717, 1.165) is 6.54 Å². The van der Waals surface area contributed by atoms with Gasteiger partial charge in [0.1, 0.15) is 0 Å². The molecule has 1 aliphatic heterocycles. The number of nitrogens with zero attached hydrogens (tertiary/aromatic N) is 1. The van der Waals surface area contributed by atoms with Gasteiger partial charge in [-0.05, 0) is 37.8 Å². The van der Waals surface area contributed by atoms with Crippen molar-refractivity contribution in [3.63, 3.8) is 0 Å². The Labute approximate surface area is 89.7 Å². The first-order chi connectivity index (χ1) is 6.77. The lowest BCUT2D eigenvalue weighted by Gasteiger charge is -2.37. The van der Waals surface area contributed by atoms with Crippen LogP contribution in [0.25, 0.3) is 0 Å². The van der Waals surface area contributed by atoms with Crippen molar-refractivity contribution in [2.45, 2.75) is 38.4 Å². The monoisotopic (exact) mass is 210 g/mol. The van der Waals surface area contributed by atoms with Gasteiger partial charge in [-0.2, -0.15) is 0 Å². The van der Waals surface area contributed by atoms with Crippen molar-refractivity contribution in [1.82, 2.24) is 4.90 Å². The largest absolute Gasteiger partial charge is 0.326 e. The fourth-order valence-electron chi connectivity index (χ4n) is 2.07. The van der Waals surface area contributed by atoms with Gasteiger partial charge in [-0.1, -0.05) is 6.07 Å². The molecule has 0 radical (unpaired) electrons. The van der Waals surface area contributed by atoms with Gasteiger partial charge in [0, 0.05) is 23.5 Å². The van der Waals surface area contributed by atoms with Gasteiger partial charge in [-0.15, -0.1) is 11.3 Å². The van der Waals surface area contributed by atoms with Crippen LogP contribution in [-0.4, -0.2) is 23.5 Å². The average Bonchev–Trinajstić information content (AvgIpc) is 2.66. The molecule has 0 saturated carbocycles. The highest BCUT2D eigenvalue weighted by molar-refractivity contribution is 7.09. The van der Waals surface area contributed by atoms with Gasteiger partial charge in [0.15, 0.2) is 0 Å². The van der Waals surface area contributed by atoms with E-state index in [-0.39, 0.29) is 0 Å². The molecule has 1 saturated heterocycles. The first-order valence-corrected chi connectivity index (χ1v) is 6.17. The molecule has 2 rings (SSSR count). The topological polar surface area (TPSA) is 29.3 Å². The van der Waals surface area contributed by atoms with Gasteiger partial charge in [0.25, 0.3) is 0 Å². The lowest BCUT2D eigenvalue weighted by molar-refractivity contribution is 0.134. The molecule has 1 fully saturated rings. The van der Waals surface area contributed by atoms with Crippen molar-refractivity contribution in [1.29, 1.82) is 0 Å². The first-order valence-electron chi connectivity index (χ1n) is 5.29. The molecule has 2 N–H and O–H groups in total. The van der Waals surface area contributed by atoms with E-state index < -0.39 is 0 Å². The minimum atomic E-state index is 0.365. The molecule has 1 aromatic heterocycles. The van der Waals surface area contributed by atoms with Crippen molar-refractivity contribution in [2.24, 2.45) is 5.73 Å². The molecule has 78 valence electrons. The smallest absolute Gasteiger partial charge is 0.0331 e. The molecular weight excluding hydrogens is 192 g/mol. The zero-order valence-electron chi connectivity index (χ0n) is 8.65. The number of piperidine rings is 1. The summed E-state index contributed by atoms with van der Waals surface area (Å²) >= 11 is 1.84. The Kier molecular flexibility index (Phi) is 3.21. The molecule has 14 heavy (non-hydrogen) atoms. The number of rotatable bonds is 2. The predicted octanol–water partition coefficient (Wildman–Crippen LogP) is 2.06. The van der Waals surface area contributed by atoms with Crippen LogP contribution in [-0.2, 0) is 6.54 Å². The summed E-state index contributed by atoms with van der Waals surface area (Å²) in [7, 11) is 0. The normalized spacial score (nSPS) is 29.3. The van der Waals surface area contributed by atoms with E-state index in [4.69, 9.17) is 5.73 Å². The maximum atomic E-state index is 6.06. The summed E-state index contributed by atoms with van der Waals surface area (Å²) in [5.74, 6) is 0. The SMILES string of the molecule is C[C@@H]1[C@H](N)CCCN1Cc1cccs1. The fraction of sp³-hybridized carbons (Fsp3) is 0.636. The van der Waals surface area contributed by atoms with E-state index >= 15 is 0 Å². The van der Waals surface area contributed by atoms with E-state index in [1.807, 2.05) is 11.3 Å². The van der Waals surface area contributed by atoms with Crippen LogP contribution in [0.3, 0.4) is 0 Å². The van der Waals surface area contributed by atoms with Gasteiger partial charge >= 0.3 is 0 Å². The third kappa shape index (κ3) is 2.16. The van der Waals surface area contributed by atoms with Crippen LogP contribution in [0.4, 0.5) is 0 Å². The average molecular weight is 210 g/mol. The lowest BCUT2D eigenvalue weighted by atomic mass is 9.98. The minimum absolute atomic E-state index is 0.365. The van der Waals surface area contributed by atoms with Crippen LogP contribution in [0.5, 0.6) is 0 Å². The van der Waals surface area contributed by atoms with Crippen molar-refractivity contribution in [2.75, 3.05) is 6.54 Å². The minimum Gasteiger partial charge on any atom is -0.326 e. The summed E-state index contributed by atoms with van der Waals surface area (Å²) in [6.07, 6.45) is 2.43. The van der Waals surface area contributed by atoms with Gasteiger partial charge < -0.3 is 5.73 Å². The Balaban J connectivity index is 1.97. The summed E-state index contributed by atoms with van der Waals surface area (Å²) in [4.78, 5) is 3.95. The predicted molar refractivity (Wildman–Crippen MR) is 61.4 cm³/mol. The van der Waals surface area contributed by atoms with E-state index in [2.05, 4.69) is 29.3 Å². The highest BCUT2D eigenvalue weighted by atomic mass is 32.1. The molecule has 0 aromatic carbocycles. The van der Waals surface area contributed by atoms with Crippen molar-refractivity contribution in [3.05, 3.63) is 22.4 Å². The second kappa shape index (κ2) is 4.43. The Hall–Kier alpha value is -0.380.